The van der Waals surface area contributed by atoms with E-state index in [2.05, 4.69) is 92.9 Å². The van der Waals surface area contributed by atoms with Gasteiger partial charge >= 0.3 is 5.97 Å². The smallest absolute Gasteiger partial charge is 0.306 e. The fourth-order valence-electron chi connectivity index (χ4n) is 8.28. The van der Waals surface area contributed by atoms with E-state index in [1.165, 1.54) is 44.9 Å². The summed E-state index contributed by atoms with van der Waals surface area (Å²) < 4.78 is 17.5. The molecule has 8 atom stereocenters. The van der Waals surface area contributed by atoms with Crippen molar-refractivity contribution in [3.05, 3.63) is 134 Å². The zero-order valence-electron chi connectivity index (χ0n) is 47.3. The van der Waals surface area contributed by atoms with Gasteiger partial charge in [-0.25, -0.2) is 0 Å². The minimum absolute atomic E-state index is 0.0872. The number of aliphatic hydroxyl groups excluding tert-OH is 5. The molecule has 11 heteroatoms. The van der Waals surface area contributed by atoms with Gasteiger partial charge in [0.1, 0.15) is 24.4 Å². The van der Waals surface area contributed by atoms with Crippen molar-refractivity contribution < 1.29 is 49.3 Å². The quantitative estimate of drug-likeness (QED) is 0.0149. The third-order valence-electron chi connectivity index (χ3n) is 12.9. The van der Waals surface area contributed by atoms with Gasteiger partial charge in [0.15, 0.2) is 12.4 Å². The maximum absolute atomic E-state index is 13.4. The topological polar surface area (TPSA) is 175 Å². The van der Waals surface area contributed by atoms with Gasteiger partial charge in [-0.2, -0.15) is 0 Å². The first-order valence-electron chi connectivity index (χ1n) is 29.5. The van der Waals surface area contributed by atoms with E-state index < -0.39 is 67.4 Å². The molecule has 8 unspecified atom stereocenters. The SMILES string of the molecule is CC/C=C\C/C=C\C/C=C\C/C=C\C/C=C\CCCCCCCC(=O)OC1C(OCC(NC(=O)C(O)CCCC/C=C/C=C\C=C/C=C/C=C/CC)C(O)/C=C/CCCCCCCCCCCC)OC(CO)C(O)C1O. The standard InChI is InChI=1S/C65H105NO10/c1-4-7-10-13-16-19-22-25-27-28-29-30-31-32-33-35-38-41-44-47-50-53-60(70)76-63-62(72)61(71)59(54-67)75-65(63)74-55-56(57(68)51-48-45-42-39-36-24-21-18-15-12-9-6-3)66-64(73)58(69)52-49-46-43-40-37-34-26-23-20-17-14-11-8-5-2/h7-8,10-11,14,16-17,19-20,23,25-27,29-30,32-34,37,40,48,51,56-59,61-63,65,67-69,71-72H,4-6,9,12-13,15,18,21-22,24,28,31,35-36,38-39,41-47,49-50,52-55H2,1-3H3,(H,66,73)/b10-7-,11-8+,17-14+,19-16-,23-20-,27-25-,30-29-,33-32-,34-26-,40-37+,51-48+. The molecule has 0 aromatic rings. The molecule has 0 saturated carbocycles. The molecule has 11 nitrogen and oxygen atoms in total. The maximum atomic E-state index is 13.4. The van der Waals surface area contributed by atoms with Crippen LogP contribution in [0.25, 0.3) is 0 Å². The van der Waals surface area contributed by atoms with Crippen molar-refractivity contribution in [3.63, 3.8) is 0 Å². The second-order valence-corrected chi connectivity index (χ2v) is 19.7. The van der Waals surface area contributed by atoms with Crippen molar-refractivity contribution in [2.24, 2.45) is 0 Å². The van der Waals surface area contributed by atoms with Gasteiger partial charge in [0.25, 0.3) is 0 Å². The summed E-state index contributed by atoms with van der Waals surface area (Å²) >= 11 is 0. The molecule has 1 aliphatic heterocycles. The summed E-state index contributed by atoms with van der Waals surface area (Å²) in [5.74, 6) is -1.27. The van der Waals surface area contributed by atoms with Gasteiger partial charge in [0, 0.05) is 6.42 Å². The third-order valence-corrected chi connectivity index (χ3v) is 12.9. The van der Waals surface area contributed by atoms with Gasteiger partial charge in [-0.05, 0) is 89.9 Å². The van der Waals surface area contributed by atoms with Crippen LogP contribution in [0.1, 0.15) is 201 Å². The summed E-state index contributed by atoms with van der Waals surface area (Å²) in [4.78, 5) is 26.5. The van der Waals surface area contributed by atoms with Crippen LogP contribution in [0.4, 0.5) is 0 Å². The number of nitrogens with one attached hydrogen (secondary N) is 1. The van der Waals surface area contributed by atoms with Crippen LogP contribution in [-0.2, 0) is 23.8 Å². The summed E-state index contributed by atoms with van der Waals surface area (Å²) in [5, 5.41) is 56.8. The van der Waals surface area contributed by atoms with E-state index in [1.54, 1.807) is 6.08 Å². The first-order valence-corrected chi connectivity index (χ1v) is 29.5. The number of hydrogen-bond acceptors (Lipinski definition) is 10. The minimum Gasteiger partial charge on any atom is -0.454 e. The molecular weight excluding hydrogens is 955 g/mol. The van der Waals surface area contributed by atoms with E-state index >= 15 is 0 Å². The van der Waals surface area contributed by atoms with E-state index in [0.29, 0.717) is 12.8 Å². The molecule has 0 spiro atoms. The van der Waals surface area contributed by atoms with Gasteiger partial charge in [0.2, 0.25) is 5.91 Å². The normalized spacial score (nSPS) is 20.1. The molecule has 0 aliphatic carbocycles. The van der Waals surface area contributed by atoms with E-state index in [1.807, 2.05) is 60.8 Å². The highest BCUT2D eigenvalue weighted by Gasteiger charge is 2.47. The second-order valence-electron chi connectivity index (χ2n) is 19.7. The number of amides is 1. The Hall–Kier alpha value is -4.20. The molecule has 1 amide bonds. The van der Waals surface area contributed by atoms with Crippen molar-refractivity contribution >= 4 is 11.9 Å². The number of rotatable bonds is 47. The van der Waals surface area contributed by atoms with Crippen LogP contribution in [-0.4, -0.2) is 99.6 Å². The summed E-state index contributed by atoms with van der Waals surface area (Å²) in [6.45, 7) is 5.46. The van der Waals surface area contributed by atoms with E-state index in [0.717, 1.165) is 109 Å². The average molecular weight is 1060 g/mol. The van der Waals surface area contributed by atoms with E-state index in [4.69, 9.17) is 14.2 Å². The minimum atomic E-state index is -1.64. The van der Waals surface area contributed by atoms with Crippen LogP contribution in [0, 0.1) is 0 Å². The molecular formula is C65H105NO10. The lowest BCUT2D eigenvalue weighted by Crippen LogP contribution is -2.61. The van der Waals surface area contributed by atoms with Crippen LogP contribution in [0.3, 0.4) is 0 Å². The Balaban J connectivity index is 2.74. The van der Waals surface area contributed by atoms with Crippen molar-refractivity contribution in [1.29, 1.82) is 0 Å². The fourth-order valence-corrected chi connectivity index (χ4v) is 8.28. The molecule has 76 heavy (non-hydrogen) atoms. The van der Waals surface area contributed by atoms with Gasteiger partial charge in [-0.15, -0.1) is 0 Å². The number of unbranched alkanes of at least 4 members (excludes halogenated alkanes) is 17. The predicted octanol–water partition coefficient (Wildman–Crippen LogP) is 13.7. The number of aliphatic hydroxyl groups is 5. The van der Waals surface area contributed by atoms with Crippen LogP contribution < -0.4 is 5.32 Å². The average Bonchev–Trinajstić information content (AvgIpc) is 3.42. The Bertz CT molecular complexity index is 1740. The highest BCUT2D eigenvalue weighted by atomic mass is 16.7. The van der Waals surface area contributed by atoms with Gasteiger partial charge < -0.3 is 45.1 Å². The molecule has 1 fully saturated rings. The summed E-state index contributed by atoms with van der Waals surface area (Å²) in [6.07, 6.45) is 62.0. The molecule has 0 radical (unpaired) electrons. The Morgan fingerprint density at radius 2 is 1.01 bits per heavy atom. The fraction of sp³-hybridized carbons (Fsp3) is 0.631. The Morgan fingerprint density at radius 3 is 1.58 bits per heavy atom. The van der Waals surface area contributed by atoms with Crippen molar-refractivity contribution in [3.8, 4) is 0 Å². The lowest BCUT2D eigenvalue weighted by molar-refractivity contribution is -0.305. The summed E-state index contributed by atoms with van der Waals surface area (Å²) in [7, 11) is 0. The number of allylic oxidation sites excluding steroid dienone is 21. The van der Waals surface area contributed by atoms with Gasteiger partial charge in [-0.3, -0.25) is 9.59 Å². The molecule has 0 aromatic heterocycles. The van der Waals surface area contributed by atoms with Crippen LogP contribution in [0.2, 0.25) is 0 Å². The number of carbonyl (C=O) groups excluding carboxylic acids is 2. The molecule has 6 N–H and O–H groups in total. The Morgan fingerprint density at radius 1 is 0.539 bits per heavy atom. The molecule has 1 heterocycles. The molecule has 1 saturated heterocycles. The largest absolute Gasteiger partial charge is 0.454 e. The molecule has 1 rings (SSSR count). The lowest BCUT2D eigenvalue weighted by Gasteiger charge is -2.41. The number of ether oxygens (including phenoxy) is 3. The van der Waals surface area contributed by atoms with Crippen molar-refractivity contribution in [2.45, 2.75) is 250 Å². The van der Waals surface area contributed by atoms with Crippen LogP contribution in [0.5, 0.6) is 0 Å². The number of esters is 1. The van der Waals surface area contributed by atoms with Crippen LogP contribution >= 0.6 is 0 Å². The lowest BCUT2D eigenvalue weighted by atomic mass is 9.99. The highest BCUT2D eigenvalue weighted by molar-refractivity contribution is 5.80. The first-order chi connectivity index (χ1) is 37.2. The zero-order chi connectivity index (χ0) is 55.4. The number of carbonyl (C=O) groups is 2. The summed E-state index contributed by atoms with van der Waals surface area (Å²) in [6, 6.07) is -1.06. The van der Waals surface area contributed by atoms with Gasteiger partial charge in [0.05, 0.1) is 25.4 Å². The monoisotopic (exact) mass is 1060 g/mol. The Labute approximate surface area is 461 Å². The molecule has 0 aromatic carbocycles. The maximum Gasteiger partial charge on any atom is 0.306 e. The summed E-state index contributed by atoms with van der Waals surface area (Å²) in [5.41, 5.74) is 0. The Kier molecular flexibility index (Phi) is 47.4. The third kappa shape index (κ3) is 39.2. The second kappa shape index (κ2) is 51.6. The van der Waals surface area contributed by atoms with Gasteiger partial charge in [-0.1, -0.05) is 238 Å². The highest BCUT2D eigenvalue weighted by Crippen LogP contribution is 2.26. The van der Waals surface area contributed by atoms with E-state index in [-0.39, 0.29) is 19.4 Å². The number of hydrogen-bond donors (Lipinski definition) is 6. The zero-order valence-corrected chi connectivity index (χ0v) is 47.3. The van der Waals surface area contributed by atoms with Crippen molar-refractivity contribution in [2.75, 3.05) is 13.2 Å². The predicted molar refractivity (Wildman–Crippen MR) is 314 cm³/mol. The van der Waals surface area contributed by atoms with Crippen molar-refractivity contribution in [1.82, 2.24) is 5.32 Å². The van der Waals surface area contributed by atoms with E-state index in [9.17, 15) is 35.1 Å². The molecule has 1 aliphatic rings. The molecule has 430 valence electrons. The first kappa shape index (κ1) is 69.8. The molecule has 0 bridgehead atoms. The van der Waals surface area contributed by atoms with Crippen LogP contribution in [0.15, 0.2) is 134 Å².